The van der Waals surface area contributed by atoms with Crippen LogP contribution in [0.4, 0.5) is 5.82 Å². The largest absolute Gasteiger partial charge is 0.460 e. The molecule has 0 aromatic carbocycles. The van der Waals surface area contributed by atoms with Crippen molar-refractivity contribution in [2.75, 3.05) is 18.0 Å². The van der Waals surface area contributed by atoms with Crippen LogP contribution < -0.4 is 4.90 Å². The number of anilines is 1. The Kier molecular flexibility index (Phi) is 4.60. The van der Waals surface area contributed by atoms with Gasteiger partial charge in [0.25, 0.3) is 0 Å². The van der Waals surface area contributed by atoms with E-state index in [2.05, 4.69) is 21.4 Å². The van der Waals surface area contributed by atoms with E-state index in [4.69, 9.17) is 4.74 Å². The van der Waals surface area contributed by atoms with Crippen LogP contribution in [-0.2, 0) is 9.53 Å². The lowest BCUT2D eigenvalue weighted by atomic mass is 9.96. The van der Waals surface area contributed by atoms with Gasteiger partial charge in [-0.1, -0.05) is 6.58 Å². The molecule has 5 nitrogen and oxygen atoms in total. The van der Waals surface area contributed by atoms with Crippen LogP contribution in [0.2, 0.25) is 0 Å². The highest BCUT2D eigenvalue weighted by Crippen LogP contribution is 2.24. The fourth-order valence-electron chi connectivity index (χ4n) is 2.33. The van der Waals surface area contributed by atoms with E-state index in [-0.39, 0.29) is 11.9 Å². The molecule has 0 atom stereocenters. The van der Waals surface area contributed by atoms with E-state index in [1.54, 1.807) is 18.5 Å². The van der Waals surface area contributed by atoms with Crippen molar-refractivity contribution in [2.24, 2.45) is 5.92 Å². The lowest BCUT2D eigenvalue weighted by Gasteiger charge is -2.32. The molecule has 0 bridgehead atoms. The van der Waals surface area contributed by atoms with Crippen molar-refractivity contribution in [2.45, 2.75) is 39.2 Å². The monoisotopic (exact) mass is 289 g/mol. The van der Waals surface area contributed by atoms with Gasteiger partial charge in [-0.05, 0) is 39.7 Å². The molecule has 0 spiro atoms. The SMILES string of the molecule is C=Cc1cnc(N2CCC(C(=O)OC(C)(C)C)CC2)cn1. The third-order valence-corrected chi connectivity index (χ3v) is 3.43. The Hall–Kier alpha value is -1.91. The number of carbonyl (C=O) groups is 1. The maximum Gasteiger partial charge on any atom is 0.309 e. The third kappa shape index (κ3) is 4.28. The number of carbonyl (C=O) groups excluding carboxylic acids is 1. The van der Waals surface area contributed by atoms with Crippen molar-refractivity contribution in [3.05, 3.63) is 24.7 Å². The predicted molar refractivity (Wildman–Crippen MR) is 82.9 cm³/mol. The van der Waals surface area contributed by atoms with Crippen LogP contribution in [0.3, 0.4) is 0 Å². The number of hydrogen-bond acceptors (Lipinski definition) is 5. The zero-order chi connectivity index (χ0) is 15.5. The van der Waals surface area contributed by atoms with Gasteiger partial charge in [0.05, 0.1) is 24.0 Å². The van der Waals surface area contributed by atoms with Crippen molar-refractivity contribution in [1.29, 1.82) is 0 Å². The molecule has 0 aliphatic carbocycles. The number of rotatable bonds is 3. The smallest absolute Gasteiger partial charge is 0.309 e. The zero-order valence-corrected chi connectivity index (χ0v) is 13.0. The standard InChI is InChI=1S/C16H23N3O2/c1-5-13-10-18-14(11-17-13)19-8-6-12(7-9-19)15(20)21-16(2,3)4/h5,10-12H,1,6-9H2,2-4H3. The average molecular weight is 289 g/mol. The molecule has 1 aromatic heterocycles. The van der Waals surface area contributed by atoms with E-state index in [0.29, 0.717) is 0 Å². The quantitative estimate of drug-likeness (QED) is 0.801. The summed E-state index contributed by atoms with van der Waals surface area (Å²) in [6, 6.07) is 0. The minimum atomic E-state index is -0.416. The van der Waals surface area contributed by atoms with E-state index in [9.17, 15) is 4.79 Å². The van der Waals surface area contributed by atoms with Gasteiger partial charge in [0.15, 0.2) is 0 Å². The van der Waals surface area contributed by atoms with E-state index >= 15 is 0 Å². The molecule has 0 saturated carbocycles. The second-order valence-corrected chi connectivity index (χ2v) is 6.30. The van der Waals surface area contributed by atoms with Gasteiger partial charge >= 0.3 is 5.97 Å². The van der Waals surface area contributed by atoms with Gasteiger partial charge in [-0.2, -0.15) is 0 Å². The molecule has 1 aromatic rings. The van der Waals surface area contributed by atoms with Crippen LogP contribution in [0, 0.1) is 5.92 Å². The zero-order valence-electron chi connectivity index (χ0n) is 13.0. The highest BCUT2D eigenvalue weighted by atomic mass is 16.6. The lowest BCUT2D eigenvalue weighted by Crippen LogP contribution is -2.39. The molecule has 1 aliphatic heterocycles. The number of esters is 1. The summed E-state index contributed by atoms with van der Waals surface area (Å²) >= 11 is 0. The number of piperidine rings is 1. The fourth-order valence-corrected chi connectivity index (χ4v) is 2.33. The Labute approximate surface area is 126 Å². The van der Waals surface area contributed by atoms with Gasteiger partial charge < -0.3 is 9.64 Å². The van der Waals surface area contributed by atoms with E-state index in [1.807, 2.05) is 20.8 Å². The first-order valence-corrected chi connectivity index (χ1v) is 7.31. The van der Waals surface area contributed by atoms with Crippen LogP contribution in [-0.4, -0.2) is 34.6 Å². The van der Waals surface area contributed by atoms with Gasteiger partial charge in [0, 0.05) is 13.1 Å². The minimum Gasteiger partial charge on any atom is -0.460 e. The Morgan fingerprint density at radius 3 is 2.48 bits per heavy atom. The number of ether oxygens (including phenoxy) is 1. The highest BCUT2D eigenvalue weighted by molar-refractivity contribution is 5.73. The average Bonchev–Trinajstić information content (AvgIpc) is 2.46. The van der Waals surface area contributed by atoms with Crippen LogP contribution in [0.1, 0.15) is 39.3 Å². The summed E-state index contributed by atoms with van der Waals surface area (Å²) < 4.78 is 5.45. The maximum atomic E-state index is 12.1. The summed E-state index contributed by atoms with van der Waals surface area (Å²) in [6.07, 6.45) is 6.72. The van der Waals surface area contributed by atoms with E-state index in [1.165, 1.54) is 0 Å². The fraction of sp³-hybridized carbons (Fsp3) is 0.562. The second kappa shape index (κ2) is 6.24. The lowest BCUT2D eigenvalue weighted by molar-refractivity contribution is -0.160. The van der Waals surface area contributed by atoms with Crippen molar-refractivity contribution in [3.8, 4) is 0 Å². The predicted octanol–water partition coefficient (Wildman–Crippen LogP) is 2.68. The Morgan fingerprint density at radius 1 is 1.33 bits per heavy atom. The summed E-state index contributed by atoms with van der Waals surface area (Å²) in [4.78, 5) is 22.9. The van der Waals surface area contributed by atoms with Gasteiger partial charge in [0.2, 0.25) is 0 Å². The third-order valence-electron chi connectivity index (χ3n) is 3.43. The summed E-state index contributed by atoms with van der Waals surface area (Å²) in [5.74, 6) is 0.749. The normalized spacial score (nSPS) is 16.6. The first kappa shape index (κ1) is 15.5. The molecule has 0 amide bonds. The van der Waals surface area contributed by atoms with Crippen molar-refractivity contribution < 1.29 is 9.53 Å². The second-order valence-electron chi connectivity index (χ2n) is 6.30. The molecule has 2 rings (SSSR count). The van der Waals surface area contributed by atoms with Gasteiger partial charge in [0.1, 0.15) is 11.4 Å². The molecule has 2 heterocycles. The van der Waals surface area contributed by atoms with Gasteiger partial charge in [-0.15, -0.1) is 0 Å². The molecule has 5 heteroatoms. The van der Waals surface area contributed by atoms with E-state index in [0.717, 1.165) is 37.4 Å². The summed E-state index contributed by atoms with van der Waals surface area (Å²) in [6.45, 7) is 11.0. The van der Waals surface area contributed by atoms with Crippen molar-refractivity contribution in [3.63, 3.8) is 0 Å². The molecule has 1 saturated heterocycles. The van der Waals surface area contributed by atoms with Gasteiger partial charge in [-0.25, -0.2) is 4.98 Å². The van der Waals surface area contributed by atoms with Crippen LogP contribution in [0.5, 0.6) is 0 Å². The molecule has 21 heavy (non-hydrogen) atoms. The molecule has 0 N–H and O–H groups in total. The van der Waals surface area contributed by atoms with Crippen molar-refractivity contribution in [1.82, 2.24) is 9.97 Å². The molecular formula is C16H23N3O2. The Balaban J connectivity index is 1.90. The van der Waals surface area contributed by atoms with Crippen molar-refractivity contribution >= 4 is 17.9 Å². The molecule has 1 aliphatic rings. The van der Waals surface area contributed by atoms with Crippen LogP contribution in [0.15, 0.2) is 19.0 Å². The Bertz CT molecular complexity index is 497. The molecule has 114 valence electrons. The summed E-state index contributed by atoms with van der Waals surface area (Å²) in [5, 5.41) is 0. The molecule has 1 fully saturated rings. The summed E-state index contributed by atoms with van der Waals surface area (Å²) in [5.41, 5.74) is 0.350. The Morgan fingerprint density at radius 2 is 2.00 bits per heavy atom. The highest BCUT2D eigenvalue weighted by Gasteiger charge is 2.29. The number of hydrogen-bond donors (Lipinski definition) is 0. The van der Waals surface area contributed by atoms with Gasteiger partial charge in [-0.3, -0.25) is 9.78 Å². The molecule has 0 unspecified atom stereocenters. The molecular weight excluding hydrogens is 266 g/mol. The number of nitrogens with zero attached hydrogens (tertiary/aromatic N) is 3. The van der Waals surface area contributed by atoms with Crippen LogP contribution >= 0.6 is 0 Å². The summed E-state index contributed by atoms with van der Waals surface area (Å²) in [7, 11) is 0. The minimum absolute atomic E-state index is 0.0131. The number of aromatic nitrogens is 2. The first-order valence-electron chi connectivity index (χ1n) is 7.31. The molecule has 0 radical (unpaired) electrons. The van der Waals surface area contributed by atoms with E-state index < -0.39 is 5.60 Å². The van der Waals surface area contributed by atoms with Crippen LogP contribution in [0.25, 0.3) is 6.08 Å². The maximum absolute atomic E-state index is 12.1. The topological polar surface area (TPSA) is 55.3 Å². The first-order chi connectivity index (χ1) is 9.89.